The number of ether oxygens (including phenoxy) is 1. The molecule has 4 N–H and O–H groups in total. The van der Waals surface area contributed by atoms with Gasteiger partial charge in [-0.1, -0.05) is 18.2 Å². The topological polar surface area (TPSA) is 84.6 Å². The summed E-state index contributed by atoms with van der Waals surface area (Å²) in [5.74, 6) is 0.377. The van der Waals surface area contributed by atoms with Gasteiger partial charge in [0, 0.05) is 11.3 Å². The van der Waals surface area contributed by atoms with Gasteiger partial charge < -0.3 is 20.9 Å². The van der Waals surface area contributed by atoms with Crippen LogP contribution in [-0.4, -0.2) is 18.1 Å². The van der Waals surface area contributed by atoms with Crippen molar-refractivity contribution in [3.8, 4) is 11.5 Å². The lowest BCUT2D eigenvalue weighted by molar-refractivity contribution is -0.115. The summed E-state index contributed by atoms with van der Waals surface area (Å²) < 4.78 is 5.16. The summed E-state index contributed by atoms with van der Waals surface area (Å²) in [5.41, 5.74) is 7.29. The predicted octanol–water partition coefficient (Wildman–Crippen LogP) is 2.16. The number of nitrogens with one attached hydrogen (secondary N) is 1. The van der Waals surface area contributed by atoms with Crippen LogP contribution in [0.4, 0.5) is 11.4 Å². The maximum atomic E-state index is 12.0. The summed E-state index contributed by atoms with van der Waals surface area (Å²) >= 11 is 0. The number of para-hydroxylation sites is 1. The van der Waals surface area contributed by atoms with Crippen LogP contribution in [0.2, 0.25) is 0 Å². The Kier molecular flexibility index (Phi) is 4.10. The molecule has 2 aromatic carbocycles. The molecule has 0 aliphatic heterocycles. The number of phenols is 1. The summed E-state index contributed by atoms with van der Waals surface area (Å²) in [6.45, 7) is 0. The van der Waals surface area contributed by atoms with Crippen molar-refractivity contribution in [3.05, 3.63) is 48.0 Å². The molecule has 0 aliphatic carbocycles. The molecular weight excluding hydrogens is 256 g/mol. The van der Waals surface area contributed by atoms with E-state index in [0.29, 0.717) is 22.7 Å². The second kappa shape index (κ2) is 5.97. The van der Waals surface area contributed by atoms with E-state index >= 15 is 0 Å². The minimum Gasteiger partial charge on any atom is -0.508 e. The Morgan fingerprint density at radius 2 is 2.05 bits per heavy atom. The Bertz CT molecular complexity index is 626. The third-order valence-electron chi connectivity index (χ3n) is 2.84. The van der Waals surface area contributed by atoms with Crippen LogP contribution in [0.3, 0.4) is 0 Å². The quantitative estimate of drug-likeness (QED) is 0.745. The van der Waals surface area contributed by atoms with Gasteiger partial charge in [0.2, 0.25) is 5.91 Å². The van der Waals surface area contributed by atoms with E-state index in [1.807, 2.05) is 0 Å². The third kappa shape index (κ3) is 3.20. The number of rotatable bonds is 4. The van der Waals surface area contributed by atoms with Crippen molar-refractivity contribution in [3.63, 3.8) is 0 Å². The fourth-order valence-corrected chi connectivity index (χ4v) is 1.85. The minimum atomic E-state index is -0.254. The van der Waals surface area contributed by atoms with Crippen molar-refractivity contribution in [1.29, 1.82) is 0 Å². The van der Waals surface area contributed by atoms with Gasteiger partial charge >= 0.3 is 0 Å². The van der Waals surface area contributed by atoms with Crippen LogP contribution in [0.15, 0.2) is 42.5 Å². The zero-order valence-electron chi connectivity index (χ0n) is 11.1. The molecule has 0 saturated heterocycles. The van der Waals surface area contributed by atoms with Crippen LogP contribution in [0.1, 0.15) is 5.56 Å². The molecule has 0 atom stereocenters. The summed E-state index contributed by atoms with van der Waals surface area (Å²) in [6, 6.07) is 11.7. The van der Waals surface area contributed by atoms with E-state index in [2.05, 4.69) is 5.32 Å². The average Bonchev–Trinajstić information content (AvgIpc) is 2.41. The van der Waals surface area contributed by atoms with Gasteiger partial charge in [-0.2, -0.15) is 0 Å². The summed E-state index contributed by atoms with van der Waals surface area (Å²) in [5, 5.41) is 12.4. The summed E-state index contributed by atoms with van der Waals surface area (Å²) in [4.78, 5) is 12.0. The number of hydrogen-bond donors (Lipinski definition) is 3. The fraction of sp³-hybridized carbons (Fsp3) is 0.133. The number of methoxy groups -OCH3 is 1. The fourth-order valence-electron chi connectivity index (χ4n) is 1.85. The number of nitrogens with two attached hydrogens (primary N) is 1. The average molecular weight is 272 g/mol. The van der Waals surface area contributed by atoms with Crippen LogP contribution in [-0.2, 0) is 11.2 Å². The first-order chi connectivity index (χ1) is 9.60. The lowest BCUT2D eigenvalue weighted by atomic mass is 10.1. The number of aromatic hydroxyl groups is 1. The van der Waals surface area contributed by atoms with Gasteiger partial charge in [-0.25, -0.2) is 0 Å². The highest BCUT2D eigenvalue weighted by Crippen LogP contribution is 2.27. The van der Waals surface area contributed by atoms with E-state index in [1.54, 1.807) is 42.5 Å². The van der Waals surface area contributed by atoms with Crippen molar-refractivity contribution >= 4 is 17.3 Å². The van der Waals surface area contributed by atoms with Gasteiger partial charge in [0.05, 0.1) is 19.2 Å². The van der Waals surface area contributed by atoms with Crippen LogP contribution in [0, 0.1) is 0 Å². The van der Waals surface area contributed by atoms with Gasteiger partial charge in [0.1, 0.15) is 11.5 Å². The molecule has 0 aromatic heterocycles. The Hall–Kier alpha value is -2.69. The van der Waals surface area contributed by atoms with E-state index in [9.17, 15) is 9.90 Å². The number of benzene rings is 2. The van der Waals surface area contributed by atoms with E-state index in [4.69, 9.17) is 10.5 Å². The molecule has 0 saturated carbocycles. The van der Waals surface area contributed by atoms with Crippen LogP contribution >= 0.6 is 0 Å². The van der Waals surface area contributed by atoms with Gasteiger partial charge in [-0.3, -0.25) is 4.79 Å². The first-order valence-electron chi connectivity index (χ1n) is 6.10. The third-order valence-corrected chi connectivity index (χ3v) is 2.84. The maximum Gasteiger partial charge on any atom is 0.229 e. The maximum absolute atomic E-state index is 12.0. The Balaban J connectivity index is 2.12. The molecule has 5 heteroatoms. The normalized spacial score (nSPS) is 10.1. The zero-order chi connectivity index (χ0) is 14.5. The second-order valence-electron chi connectivity index (χ2n) is 4.31. The Labute approximate surface area is 117 Å². The van der Waals surface area contributed by atoms with E-state index < -0.39 is 0 Å². The number of phenolic OH excluding ortho intramolecular Hbond substituents is 1. The molecule has 0 spiro atoms. The number of carbonyl (C=O) groups excluding carboxylic acids is 1. The van der Waals surface area contributed by atoms with Crippen molar-refractivity contribution in [2.75, 3.05) is 18.2 Å². The van der Waals surface area contributed by atoms with Crippen LogP contribution < -0.4 is 15.8 Å². The monoisotopic (exact) mass is 272 g/mol. The number of anilines is 2. The Morgan fingerprint density at radius 1 is 1.30 bits per heavy atom. The second-order valence-corrected chi connectivity index (χ2v) is 4.31. The minimum absolute atomic E-state index is 0.0740. The first kappa shape index (κ1) is 13.7. The van der Waals surface area contributed by atoms with Gasteiger partial charge in [-0.15, -0.1) is 0 Å². The van der Waals surface area contributed by atoms with Gasteiger partial charge in [0.15, 0.2) is 0 Å². The van der Waals surface area contributed by atoms with Crippen LogP contribution in [0.5, 0.6) is 11.5 Å². The van der Waals surface area contributed by atoms with Crippen LogP contribution in [0.25, 0.3) is 0 Å². The number of nitrogen functional groups attached to an aromatic ring is 1. The first-order valence-corrected chi connectivity index (χ1v) is 6.10. The standard InChI is InChI=1S/C15H16N2O3/c1-20-14-7-6-11(16)9-12(14)17-15(19)8-10-4-2-3-5-13(10)18/h2-7,9,18H,8,16H2,1H3,(H,17,19). The smallest absolute Gasteiger partial charge is 0.229 e. The van der Waals surface area contributed by atoms with Crippen molar-refractivity contribution in [1.82, 2.24) is 0 Å². The van der Waals surface area contributed by atoms with Crippen molar-refractivity contribution in [2.45, 2.75) is 6.42 Å². The molecule has 5 nitrogen and oxygen atoms in total. The van der Waals surface area contributed by atoms with Crippen molar-refractivity contribution in [2.24, 2.45) is 0 Å². The molecule has 0 unspecified atom stereocenters. The lowest BCUT2D eigenvalue weighted by Gasteiger charge is -2.11. The highest BCUT2D eigenvalue weighted by molar-refractivity contribution is 5.94. The van der Waals surface area contributed by atoms with E-state index in [-0.39, 0.29) is 18.1 Å². The molecule has 104 valence electrons. The molecule has 0 heterocycles. The molecule has 0 aliphatic rings. The Morgan fingerprint density at radius 3 is 2.75 bits per heavy atom. The lowest BCUT2D eigenvalue weighted by Crippen LogP contribution is -2.15. The van der Waals surface area contributed by atoms with Gasteiger partial charge in [-0.05, 0) is 24.3 Å². The number of amides is 1. The molecule has 20 heavy (non-hydrogen) atoms. The molecule has 2 rings (SSSR count). The molecule has 0 bridgehead atoms. The molecular formula is C15H16N2O3. The summed E-state index contributed by atoms with van der Waals surface area (Å²) in [7, 11) is 1.52. The highest BCUT2D eigenvalue weighted by atomic mass is 16.5. The number of carbonyl (C=O) groups is 1. The highest BCUT2D eigenvalue weighted by Gasteiger charge is 2.10. The zero-order valence-corrected chi connectivity index (χ0v) is 11.1. The number of hydrogen-bond acceptors (Lipinski definition) is 4. The largest absolute Gasteiger partial charge is 0.508 e. The molecule has 2 aromatic rings. The predicted molar refractivity (Wildman–Crippen MR) is 77.8 cm³/mol. The van der Waals surface area contributed by atoms with E-state index in [0.717, 1.165) is 0 Å². The SMILES string of the molecule is COc1ccc(N)cc1NC(=O)Cc1ccccc1O. The summed E-state index contributed by atoms with van der Waals surface area (Å²) in [6.07, 6.45) is 0.0740. The van der Waals surface area contributed by atoms with E-state index in [1.165, 1.54) is 7.11 Å². The molecule has 1 amide bonds. The van der Waals surface area contributed by atoms with Crippen molar-refractivity contribution < 1.29 is 14.6 Å². The molecule has 0 radical (unpaired) electrons. The molecule has 0 fully saturated rings. The van der Waals surface area contributed by atoms with Gasteiger partial charge in [0.25, 0.3) is 0 Å².